The Hall–Kier alpha value is -3.53. The minimum Gasteiger partial charge on any atom is -0.398 e. The van der Waals surface area contributed by atoms with Crippen LogP contribution in [0.1, 0.15) is 11.1 Å². The van der Waals surface area contributed by atoms with Gasteiger partial charge in [-0.05, 0) is 47.9 Å². The molecule has 1 aromatic heterocycles. The van der Waals surface area contributed by atoms with Gasteiger partial charge in [0, 0.05) is 27.7 Å². The van der Waals surface area contributed by atoms with Gasteiger partial charge in [0.1, 0.15) is 0 Å². The first-order chi connectivity index (χ1) is 13.1. The van der Waals surface area contributed by atoms with Crippen molar-refractivity contribution in [2.75, 3.05) is 11.1 Å². The molecule has 2 heterocycles. The number of amides is 1. The number of hydrogen-bond acceptors (Lipinski definition) is 2. The zero-order valence-electron chi connectivity index (χ0n) is 15.0. The van der Waals surface area contributed by atoms with Crippen LogP contribution in [-0.2, 0) is 11.2 Å². The van der Waals surface area contributed by atoms with Crippen molar-refractivity contribution >= 4 is 28.2 Å². The van der Waals surface area contributed by atoms with E-state index in [0.717, 1.165) is 55.8 Å². The van der Waals surface area contributed by atoms with E-state index in [9.17, 15) is 4.79 Å². The van der Waals surface area contributed by atoms with Crippen LogP contribution in [0.15, 0.2) is 60.7 Å². The average molecular weight is 353 g/mol. The van der Waals surface area contributed by atoms with Crippen molar-refractivity contribution in [1.29, 1.82) is 0 Å². The molecule has 0 fully saturated rings. The second-order valence-corrected chi connectivity index (χ2v) is 7.10. The lowest BCUT2D eigenvalue weighted by molar-refractivity contribution is -0.115. The van der Waals surface area contributed by atoms with E-state index in [0.29, 0.717) is 6.42 Å². The molecule has 1 aliphatic heterocycles. The largest absolute Gasteiger partial charge is 0.398 e. The van der Waals surface area contributed by atoms with Gasteiger partial charge in [0.25, 0.3) is 0 Å². The molecule has 0 unspecified atom stereocenters. The lowest BCUT2D eigenvalue weighted by atomic mass is 9.98. The Morgan fingerprint density at radius 1 is 0.963 bits per heavy atom. The van der Waals surface area contributed by atoms with Gasteiger partial charge in [-0.15, -0.1) is 0 Å². The Balaban J connectivity index is 1.75. The van der Waals surface area contributed by atoms with Crippen molar-refractivity contribution in [1.82, 2.24) is 4.98 Å². The third kappa shape index (κ3) is 2.49. The maximum absolute atomic E-state index is 12.5. The number of anilines is 2. The van der Waals surface area contributed by atoms with Crippen LogP contribution in [0.5, 0.6) is 0 Å². The molecule has 0 spiro atoms. The number of aryl methyl sites for hydroxylation is 1. The zero-order valence-corrected chi connectivity index (χ0v) is 15.0. The normalized spacial score (nSPS) is 13.0. The first-order valence-corrected chi connectivity index (χ1v) is 9.00. The molecule has 27 heavy (non-hydrogen) atoms. The van der Waals surface area contributed by atoms with Crippen molar-refractivity contribution in [3.63, 3.8) is 0 Å². The molecule has 0 atom stereocenters. The molecule has 0 aliphatic carbocycles. The molecule has 0 radical (unpaired) electrons. The first kappa shape index (κ1) is 15.7. The summed E-state index contributed by atoms with van der Waals surface area (Å²) in [5.74, 6) is 0.00218. The molecule has 0 saturated heterocycles. The van der Waals surface area contributed by atoms with E-state index in [1.807, 2.05) is 37.3 Å². The standard InChI is InChI=1S/C23H19N3O/c1-13-6-8-15(19(24)10-13)14-7-9-21-17(11-14)18-12-22(27)25-20-5-3-2-4-16(20)23(18)26-21/h2-11,26H,12,24H2,1H3,(H,25,27). The fourth-order valence-corrected chi connectivity index (χ4v) is 3.94. The van der Waals surface area contributed by atoms with Crippen LogP contribution in [0, 0.1) is 6.92 Å². The maximum atomic E-state index is 12.5. The lowest BCUT2D eigenvalue weighted by Gasteiger charge is -2.08. The Labute approximate surface area is 157 Å². The fraction of sp³-hybridized carbons (Fsp3) is 0.0870. The van der Waals surface area contributed by atoms with Crippen LogP contribution in [0.25, 0.3) is 33.3 Å². The topological polar surface area (TPSA) is 70.9 Å². The van der Waals surface area contributed by atoms with Crippen LogP contribution in [0.2, 0.25) is 0 Å². The predicted octanol–water partition coefficient (Wildman–Crippen LogP) is 4.89. The summed E-state index contributed by atoms with van der Waals surface area (Å²) in [4.78, 5) is 16.0. The number of aromatic nitrogens is 1. The van der Waals surface area contributed by atoms with Gasteiger partial charge < -0.3 is 16.0 Å². The number of hydrogen-bond donors (Lipinski definition) is 3. The van der Waals surface area contributed by atoms with Crippen LogP contribution >= 0.6 is 0 Å². The van der Waals surface area contributed by atoms with Crippen molar-refractivity contribution in [3.05, 3.63) is 71.8 Å². The number of nitrogens with two attached hydrogens (primary N) is 1. The molecule has 132 valence electrons. The number of carbonyl (C=O) groups excluding carboxylic acids is 1. The second-order valence-electron chi connectivity index (χ2n) is 7.10. The third-order valence-corrected chi connectivity index (χ3v) is 5.23. The number of aromatic amines is 1. The van der Waals surface area contributed by atoms with E-state index >= 15 is 0 Å². The van der Waals surface area contributed by atoms with Gasteiger partial charge in [-0.3, -0.25) is 4.79 Å². The number of H-pyrrole nitrogens is 1. The summed E-state index contributed by atoms with van der Waals surface area (Å²) in [5, 5.41) is 4.07. The molecule has 4 aromatic rings. The highest BCUT2D eigenvalue weighted by Crippen LogP contribution is 2.39. The zero-order chi connectivity index (χ0) is 18.5. The van der Waals surface area contributed by atoms with Gasteiger partial charge >= 0.3 is 0 Å². The van der Waals surface area contributed by atoms with E-state index in [2.05, 4.69) is 40.6 Å². The number of rotatable bonds is 1. The van der Waals surface area contributed by atoms with Crippen molar-refractivity contribution in [3.8, 4) is 22.4 Å². The minimum atomic E-state index is 0.00218. The molecule has 1 aliphatic rings. The molecule has 4 nitrogen and oxygen atoms in total. The Morgan fingerprint density at radius 2 is 1.81 bits per heavy atom. The molecule has 0 saturated carbocycles. The van der Waals surface area contributed by atoms with Gasteiger partial charge in [-0.25, -0.2) is 0 Å². The molecule has 4 N–H and O–H groups in total. The van der Waals surface area contributed by atoms with Gasteiger partial charge in [0.15, 0.2) is 0 Å². The first-order valence-electron chi connectivity index (χ1n) is 9.00. The van der Waals surface area contributed by atoms with E-state index in [1.54, 1.807) is 0 Å². The quantitative estimate of drug-likeness (QED) is 0.427. The fourth-order valence-electron chi connectivity index (χ4n) is 3.94. The maximum Gasteiger partial charge on any atom is 0.228 e. The number of nitrogens with one attached hydrogen (secondary N) is 2. The number of benzene rings is 3. The van der Waals surface area contributed by atoms with E-state index in [4.69, 9.17) is 5.73 Å². The molecule has 0 bridgehead atoms. The molecular weight excluding hydrogens is 334 g/mol. The van der Waals surface area contributed by atoms with E-state index in [1.165, 1.54) is 0 Å². The van der Waals surface area contributed by atoms with Crippen LogP contribution in [-0.4, -0.2) is 10.9 Å². The van der Waals surface area contributed by atoms with Crippen molar-refractivity contribution in [2.24, 2.45) is 0 Å². The summed E-state index contributed by atoms with van der Waals surface area (Å²) in [6, 6.07) is 20.3. The molecular formula is C23H19N3O. The third-order valence-electron chi connectivity index (χ3n) is 5.23. The number of nitrogen functional groups attached to an aromatic ring is 1. The number of carbonyl (C=O) groups is 1. The number of fused-ring (bicyclic) bond motifs is 5. The van der Waals surface area contributed by atoms with E-state index < -0.39 is 0 Å². The van der Waals surface area contributed by atoms with Crippen LogP contribution < -0.4 is 11.1 Å². The van der Waals surface area contributed by atoms with Crippen LogP contribution in [0.3, 0.4) is 0 Å². The Bertz CT molecular complexity index is 1220. The highest BCUT2D eigenvalue weighted by Gasteiger charge is 2.22. The summed E-state index contributed by atoms with van der Waals surface area (Å²) < 4.78 is 0. The van der Waals surface area contributed by atoms with Gasteiger partial charge in [-0.2, -0.15) is 0 Å². The average Bonchev–Trinajstić information content (AvgIpc) is 2.92. The molecule has 5 rings (SSSR count). The van der Waals surface area contributed by atoms with E-state index in [-0.39, 0.29) is 5.91 Å². The molecule has 3 aromatic carbocycles. The van der Waals surface area contributed by atoms with Crippen molar-refractivity contribution < 1.29 is 4.79 Å². The SMILES string of the molecule is Cc1ccc(-c2ccc3[nH]c4c(c3c2)CC(=O)Nc2ccccc2-4)c(N)c1. The van der Waals surface area contributed by atoms with Gasteiger partial charge in [0.05, 0.1) is 17.8 Å². The van der Waals surface area contributed by atoms with Gasteiger partial charge in [0.2, 0.25) is 5.91 Å². The Kier molecular flexibility index (Phi) is 3.34. The Morgan fingerprint density at radius 3 is 2.67 bits per heavy atom. The highest BCUT2D eigenvalue weighted by atomic mass is 16.1. The van der Waals surface area contributed by atoms with Crippen LogP contribution in [0.4, 0.5) is 11.4 Å². The molecule has 1 amide bonds. The van der Waals surface area contributed by atoms with Crippen molar-refractivity contribution in [2.45, 2.75) is 13.3 Å². The summed E-state index contributed by atoms with van der Waals surface area (Å²) in [7, 11) is 0. The summed E-state index contributed by atoms with van der Waals surface area (Å²) in [5.41, 5.74) is 15.1. The predicted molar refractivity (Wildman–Crippen MR) is 111 cm³/mol. The summed E-state index contributed by atoms with van der Waals surface area (Å²) in [6.45, 7) is 2.03. The summed E-state index contributed by atoms with van der Waals surface area (Å²) in [6.07, 6.45) is 0.344. The van der Waals surface area contributed by atoms with Gasteiger partial charge in [-0.1, -0.05) is 36.4 Å². The second kappa shape index (κ2) is 5.74. The summed E-state index contributed by atoms with van der Waals surface area (Å²) >= 11 is 0. The number of para-hydroxylation sites is 1. The molecule has 4 heteroatoms. The smallest absolute Gasteiger partial charge is 0.228 e. The monoisotopic (exact) mass is 353 g/mol. The minimum absolute atomic E-state index is 0.00218. The lowest BCUT2D eigenvalue weighted by Crippen LogP contribution is -2.12. The highest BCUT2D eigenvalue weighted by molar-refractivity contribution is 6.06.